The van der Waals surface area contributed by atoms with Crippen LogP contribution in [0.5, 0.6) is 0 Å². The summed E-state index contributed by atoms with van der Waals surface area (Å²) < 4.78 is 9.40. The Morgan fingerprint density at radius 2 is 0.875 bits per heavy atom. The third-order valence-electron chi connectivity index (χ3n) is 3.90. The molecule has 12 nitrogen and oxygen atoms in total. The monoisotopic (exact) mass is 358 g/mol. The molecular formula is C12H26N2O10. The van der Waals surface area contributed by atoms with Gasteiger partial charge in [-0.3, -0.25) is 0 Å². The lowest BCUT2D eigenvalue weighted by atomic mass is 9.98. The maximum atomic E-state index is 9.20. The van der Waals surface area contributed by atoms with Gasteiger partial charge in [0.25, 0.3) is 0 Å². The van der Waals surface area contributed by atoms with Crippen LogP contribution in [0, 0.1) is 0 Å². The van der Waals surface area contributed by atoms with Crippen molar-refractivity contribution in [1.29, 1.82) is 0 Å². The molecule has 2 aliphatic heterocycles. The molecule has 0 radical (unpaired) electrons. The Morgan fingerprint density at radius 1 is 0.583 bits per heavy atom. The Morgan fingerprint density at radius 3 is 1.12 bits per heavy atom. The van der Waals surface area contributed by atoms with Crippen molar-refractivity contribution in [2.45, 2.75) is 61.3 Å². The SMILES string of the molecule is NC1C(O)OC(CO)[C@H](O)[C@H]1O.N[C@@H]1C(O)OC(CO)[C@H](O)C1O. The van der Waals surface area contributed by atoms with Gasteiger partial charge in [-0.25, -0.2) is 0 Å². The quantitative estimate of drug-likeness (QED) is 0.222. The summed E-state index contributed by atoms with van der Waals surface area (Å²) in [6.07, 6.45) is -9.70. The topological polar surface area (TPSA) is 232 Å². The maximum Gasteiger partial charge on any atom is 0.173 e. The van der Waals surface area contributed by atoms with Crippen LogP contribution in [-0.2, 0) is 9.47 Å². The van der Waals surface area contributed by atoms with Crippen LogP contribution in [0.4, 0.5) is 0 Å². The number of nitrogens with two attached hydrogens (primary N) is 2. The Balaban J connectivity index is 0.000000240. The molecular weight excluding hydrogens is 332 g/mol. The van der Waals surface area contributed by atoms with E-state index in [-0.39, 0.29) is 0 Å². The molecule has 2 heterocycles. The average Bonchev–Trinajstić information content (AvgIpc) is 2.58. The van der Waals surface area contributed by atoms with Gasteiger partial charge in [-0.15, -0.1) is 0 Å². The van der Waals surface area contributed by atoms with Gasteiger partial charge in [0.05, 0.1) is 25.3 Å². The highest BCUT2D eigenvalue weighted by Crippen LogP contribution is 2.18. The molecule has 2 rings (SSSR count). The summed E-state index contributed by atoms with van der Waals surface area (Å²) in [6.45, 7) is -0.940. The van der Waals surface area contributed by atoms with E-state index >= 15 is 0 Å². The standard InChI is InChI=1S/2C6H13NO5/c2*7-3-5(10)4(9)2(1-8)12-6(3)11/h2*2-6,8-11H,1,7H2/t2?,3?,4-,5-,6?;2?,3-,4-,5?,6?/m00/s1. The van der Waals surface area contributed by atoms with E-state index in [1.165, 1.54) is 0 Å². The fraction of sp³-hybridized carbons (Fsp3) is 1.00. The normalized spacial score (nSPS) is 49.2. The lowest BCUT2D eigenvalue weighted by molar-refractivity contribution is -0.248. The fourth-order valence-electron chi connectivity index (χ4n) is 2.24. The van der Waals surface area contributed by atoms with Crippen LogP contribution in [0.3, 0.4) is 0 Å². The number of rotatable bonds is 2. The molecule has 10 atom stereocenters. The third kappa shape index (κ3) is 4.78. The third-order valence-corrected chi connectivity index (χ3v) is 3.90. The smallest absolute Gasteiger partial charge is 0.173 e. The Hall–Kier alpha value is -0.480. The van der Waals surface area contributed by atoms with Crippen LogP contribution < -0.4 is 11.5 Å². The van der Waals surface area contributed by atoms with Gasteiger partial charge >= 0.3 is 0 Å². The summed E-state index contributed by atoms with van der Waals surface area (Å²) in [7, 11) is 0. The predicted octanol–water partition coefficient (Wildman–Crippen LogP) is -6.51. The molecule has 2 aliphatic rings. The van der Waals surface area contributed by atoms with Crippen LogP contribution in [-0.4, -0.2) is 115 Å². The summed E-state index contributed by atoms with van der Waals surface area (Å²) in [5.41, 5.74) is 10.5. The lowest BCUT2D eigenvalue weighted by Gasteiger charge is -2.38. The van der Waals surface area contributed by atoms with E-state index in [4.69, 9.17) is 41.4 Å². The molecule has 12 heteroatoms. The number of hydrogen-bond acceptors (Lipinski definition) is 12. The minimum atomic E-state index is -1.35. The van der Waals surface area contributed by atoms with Crippen molar-refractivity contribution < 1.29 is 50.3 Å². The van der Waals surface area contributed by atoms with E-state index in [9.17, 15) is 20.4 Å². The fourth-order valence-corrected chi connectivity index (χ4v) is 2.24. The van der Waals surface area contributed by atoms with Crippen LogP contribution in [0.25, 0.3) is 0 Å². The Labute approximate surface area is 137 Å². The summed E-state index contributed by atoms with van der Waals surface area (Å²) in [4.78, 5) is 0. The zero-order chi connectivity index (χ0) is 18.6. The molecule has 0 saturated carbocycles. The van der Waals surface area contributed by atoms with Gasteiger partial charge in [0.2, 0.25) is 0 Å². The van der Waals surface area contributed by atoms with Crippen molar-refractivity contribution >= 4 is 0 Å². The number of aliphatic hydroxyl groups excluding tert-OH is 8. The second kappa shape index (κ2) is 9.28. The lowest BCUT2D eigenvalue weighted by Crippen LogP contribution is -2.61. The largest absolute Gasteiger partial charge is 0.394 e. The van der Waals surface area contributed by atoms with Gasteiger partial charge < -0.3 is 61.8 Å². The number of hydrogen-bond donors (Lipinski definition) is 10. The maximum absolute atomic E-state index is 9.20. The minimum absolute atomic E-state index is 0.470. The van der Waals surface area contributed by atoms with E-state index in [2.05, 4.69) is 0 Å². The highest BCUT2D eigenvalue weighted by Gasteiger charge is 2.42. The van der Waals surface area contributed by atoms with Crippen molar-refractivity contribution in [3.63, 3.8) is 0 Å². The van der Waals surface area contributed by atoms with Gasteiger partial charge in [-0.05, 0) is 0 Å². The Kier molecular flexibility index (Phi) is 8.34. The number of aliphatic hydroxyl groups is 8. The van der Waals surface area contributed by atoms with Crippen molar-refractivity contribution in [3.05, 3.63) is 0 Å². The van der Waals surface area contributed by atoms with Crippen LogP contribution >= 0.6 is 0 Å². The van der Waals surface area contributed by atoms with Crippen molar-refractivity contribution in [2.75, 3.05) is 13.2 Å². The van der Waals surface area contributed by atoms with Crippen molar-refractivity contribution in [2.24, 2.45) is 11.5 Å². The van der Waals surface area contributed by atoms with Gasteiger partial charge in [0, 0.05) is 0 Å². The summed E-state index contributed by atoms with van der Waals surface area (Å²) in [6, 6.07) is -2.08. The molecule has 12 N–H and O–H groups in total. The highest BCUT2D eigenvalue weighted by molar-refractivity contribution is 4.91. The molecule has 0 aliphatic carbocycles. The average molecular weight is 358 g/mol. The van der Waals surface area contributed by atoms with E-state index in [1.807, 2.05) is 0 Å². The first kappa shape index (κ1) is 21.6. The van der Waals surface area contributed by atoms with Crippen molar-refractivity contribution in [3.8, 4) is 0 Å². The van der Waals surface area contributed by atoms with Crippen LogP contribution in [0.2, 0.25) is 0 Å². The predicted molar refractivity (Wildman–Crippen MR) is 75.9 cm³/mol. The van der Waals surface area contributed by atoms with Gasteiger partial charge in [0.1, 0.15) is 36.6 Å². The van der Waals surface area contributed by atoms with E-state index < -0.39 is 74.5 Å². The van der Waals surface area contributed by atoms with Crippen molar-refractivity contribution in [1.82, 2.24) is 0 Å². The van der Waals surface area contributed by atoms with Crippen LogP contribution in [0.1, 0.15) is 0 Å². The Bertz CT molecular complexity index is 334. The van der Waals surface area contributed by atoms with E-state index in [1.54, 1.807) is 0 Å². The van der Waals surface area contributed by atoms with Gasteiger partial charge in [0.15, 0.2) is 12.6 Å². The zero-order valence-corrected chi connectivity index (χ0v) is 12.7. The summed E-state index contributed by atoms with van der Waals surface area (Å²) in [5, 5.41) is 72.1. The van der Waals surface area contributed by atoms with Gasteiger partial charge in [-0.1, -0.05) is 0 Å². The summed E-state index contributed by atoms with van der Waals surface area (Å²) in [5.74, 6) is 0. The molecule has 0 spiro atoms. The molecule has 24 heavy (non-hydrogen) atoms. The molecule has 0 aromatic heterocycles. The number of ether oxygens (including phenoxy) is 2. The second-order valence-electron chi connectivity index (χ2n) is 5.61. The molecule has 2 fully saturated rings. The molecule has 0 bridgehead atoms. The van der Waals surface area contributed by atoms with Gasteiger partial charge in [-0.2, -0.15) is 0 Å². The minimum Gasteiger partial charge on any atom is -0.394 e. The van der Waals surface area contributed by atoms with E-state index in [0.717, 1.165) is 0 Å². The zero-order valence-electron chi connectivity index (χ0n) is 12.7. The molecule has 0 aromatic carbocycles. The second-order valence-corrected chi connectivity index (χ2v) is 5.61. The molecule has 6 unspecified atom stereocenters. The molecule has 144 valence electrons. The first-order valence-electron chi connectivity index (χ1n) is 7.27. The molecule has 0 amide bonds. The molecule has 0 aromatic rings. The first-order chi connectivity index (χ1) is 11.1. The summed E-state index contributed by atoms with van der Waals surface area (Å²) >= 11 is 0. The van der Waals surface area contributed by atoms with E-state index in [0.29, 0.717) is 0 Å². The molecule has 2 saturated heterocycles. The first-order valence-corrected chi connectivity index (χ1v) is 7.27. The highest BCUT2D eigenvalue weighted by atomic mass is 16.6. The van der Waals surface area contributed by atoms with Crippen LogP contribution in [0.15, 0.2) is 0 Å².